The molecule has 2 atom stereocenters. The van der Waals surface area contributed by atoms with Crippen LogP contribution in [0.25, 0.3) is 0 Å². The van der Waals surface area contributed by atoms with Crippen LogP contribution >= 0.6 is 0 Å². The molecule has 1 aromatic rings. The zero-order chi connectivity index (χ0) is 19.6. The molecule has 0 aromatic heterocycles. The lowest BCUT2D eigenvalue weighted by atomic mass is 9.80. The third kappa shape index (κ3) is 3.46. The summed E-state index contributed by atoms with van der Waals surface area (Å²) in [6.07, 6.45) is 0. The van der Waals surface area contributed by atoms with E-state index in [4.69, 9.17) is 23.7 Å². The van der Waals surface area contributed by atoms with E-state index in [9.17, 15) is 9.59 Å². The standard InChI is InChI=1S/C19H25NO7/c1-5-25-18(22)16-15(19(2)26-8-9-27-19)17(21)20(16)11-12-6-7-13(23-3)10-14(12)24-4/h6-7,10,15-16H,5,8-9,11H2,1-4H3. The van der Waals surface area contributed by atoms with Crippen LogP contribution in [0.15, 0.2) is 18.2 Å². The summed E-state index contributed by atoms with van der Waals surface area (Å²) < 4.78 is 27.0. The number of carbonyl (C=O) groups excluding carboxylic acids is 2. The summed E-state index contributed by atoms with van der Waals surface area (Å²) >= 11 is 0. The van der Waals surface area contributed by atoms with Crippen LogP contribution in [0.5, 0.6) is 11.5 Å². The molecule has 2 unspecified atom stereocenters. The van der Waals surface area contributed by atoms with Crippen LogP contribution in [0.1, 0.15) is 19.4 Å². The van der Waals surface area contributed by atoms with Gasteiger partial charge in [0.15, 0.2) is 5.79 Å². The van der Waals surface area contributed by atoms with Crippen molar-refractivity contribution in [3.8, 4) is 11.5 Å². The summed E-state index contributed by atoms with van der Waals surface area (Å²) in [6, 6.07) is 4.56. The molecule has 0 radical (unpaired) electrons. The molecular formula is C19H25NO7. The fourth-order valence-corrected chi connectivity index (χ4v) is 3.60. The first-order chi connectivity index (χ1) is 12.9. The number of rotatable bonds is 7. The lowest BCUT2D eigenvalue weighted by Gasteiger charge is -2.50. The Kier molecular flexibility index (Phi) is 5.57. The number of amides is 1. The number of carbonyl (C=O) groups is 2. The van der Waals surface area contributed by atoms with Gasteiger partial charge in [-0.1, -0.05) is 0 Å². The van der Waals surface area contributed by atoms with Crippen LogP contribution in [0, 0.1) is 5.92 Å². The minimum absolute atomic E-state index is 0.210. The average molecular weight is 379 g/mol. The maximum absolute atomic E-state index is 12.9. The van der Waals surface area contributed by atoms with E-state index in [0.717, 1.165) is 5.56 Å². The van der Waals surface area contributed by atoms with Gasteiger partial charge in [-0.15, -0.1) is 0 Å². The molecule has 0 N–H and O–H groups in total. The van der Waals surface area contributed by atoms with E-state index in [1.165, 1.54) is 4.90 Å². The first-order valence-corrected chi connectivity index (χ1v) is 8.91. The first kappa shape index (κ1) is 19.4. The van der Waals surface area contributed by atoms with Gasteiger partial charge >= 0.3 is 5.97 Å². The van der Waals surface area contributed by atoms with Gasteiger partial charge in [-0.3, -0.25) is 4.79 Å². The molecule has 27 heavy (non-hydrogen) atoms. The van der Waals surface area contributed by atoms with Crippen molar-refractivity contribution in [1.29, 1.82) is 0 Å². The summed E-state index contributed by atoms with van der Waals surface area (Å²) in [5, 5.41) is 0. The van der Waals surface area contributed by atoms with Crippen molar-refractivity contribution in [2.75, 3.05) is 34.0 Å². The van der Waals surface area contributed by atoms with Gasteiger partial charge in [0, 0.05) is 11.6 Å². The molecule has 3 rings (SSSR count). The quantitative estimate of drug-likeness (QED) is 0.522. The summed E-state index contributed by atoms with van der Waals surface area (Å²) in [7, 11) is 3.11. The Bertz CT molecular complexity index is 714. The van der Waals surface area contributed by atoms with Crippen molar-refractivity contribution >= 4 is 11.9 Å². The van der Waals surface area contributed by atoms with E-state index >= 15 is 0 Å². The molecule has 8 heteroatoms. The Hall–Kier alpha value is -2.32. The van der Waals surface area contributed by atoms with Gasteiger partial charge in [0.25, 0.3) is 0 Å². The van der Waals surface area contributed by atoms with Gasteiger partial charge in [0.1, 0.15) is 23.5 Å². The molecule has 1 aromatic carbocycles. The summed E-state index contributed by atoms with van der Waals surface area (Å²) in [4.78, 5) is 26.9. The molecule has 0 bridgehead atoms. The molecule has 0 spiro atoms. The largest absolute Gasteiger partial charge is 0.497 e. The predicted molar refractivity (Wildman–Crippen MR) is 94.3 cm³/mol. The van der Waals surface area contributed by atoms with Gasteiger partial charge in [0.05, 0.1) is 40.6 Å². The van der Waals surface area contributed by atoms with Crippen LogP contribution in [0.3, 0.4) is 0 Å². The Morgan fingerprint density at radius 2 is 1.96 bits per heavy atom. The van der Waals surface area contributed by atoms with Gasteiger partial charge in [-0.05, 0) is 26.0 Å². The second-order valence-electron chi connectivity index (χ2n) is 6.53. The van der Waals surface area contributed by atoms with E-state index in [0.29, 0.717) is 24.7 Å². The van der Waals surface area contributed by atoms with Gasteiger partial charge in [-0.2, -0.15) is 0 Å². The molecule has 148 valence electrons. The SMILES string of the molecule is CCOC(=O)C1C(C2(C)OCCO2)C(=O)N1Cc1ccc(OC)cc1OC. The normalized spacial score (nSPS) is 23.7. The number of ether oxygens (including phenoxy) is 5. The number of likely N-dealkylation sites (tertiary alicyclic amines) is 1. The van der Waals surface area contributed by atoms with E-state index in [1.807, 2.05) is 6.07 Å². The molecule has 2 saturated heterocycles. The average Bonchev–Trinajstić information content (AvgIpc) is 3.10. The van der Waals surface area contributed by atoms with Crippen molar-refractivity contribution in [3.63, 3.8) is 0 Å². The number of esters is 1. The minimum atomic E-state index is -1.12. The van der Waals surface area contributed by atoms with Crippen LogP contribution in [-0.4, -0.2) is 62.6 Å². The number of β-lactam (4-membered cyclic amide) rings is 1. The Balaban J connectivity index is 1.86. The van der Waals surface area contributed by atoms with Crippen molar-refractivity contribution in [3.05, 3.63) is 23.8 Å². The van der Waals surface area contributed by atoms with Crippen molar-refractivity contribution in [2.24, 2.45) is 5.92 Å². The maximum Gasteiger partial charge on any atom is 0.329 e. The summed E-state index contributed by atoms with van der Waals surface area (Å²) in [6.45, 7) is 4.65. The van der Waals surface area contributed by atoms with Gasteiger partial charge < -0.3 is 28.6 Å². The minimum Gasteiger partial charge on any atom is -0.497 e. The maximum atomic E-state index is 12.9. The van der Waals surface area contributed by atoms with Gasteiger partial charge in [0.2, 0.25) is 5.91 Å². The van der Waals surface area contributed by atoms with Crippen LogP contribution in [0.2, 0.25) is 0 Å². The molecule has 1 amide bonds. The van der Waals surface area contributed by atoms with Crippen LogP contribution in [-0.2, 0) is 30.3 Å². The summed E-state index contributed by atoms with van der Waals surface area (Å²) in [5.41, 5.74) is 0.762. The molecule has 0 aliphatic carbocycles. The molecule has 0 saturated carbocycles. The highest BCUT2D eigenvalue weighted by Gasteiger charge is 2.62. The van der Waals surface area contributed by atoms with E-state index in [-0.39, 0.29) is 19.1 Å². The van der Waals surface area contributed by atoms with Crippen molar-refractivity contribution in [2.45, 2.75) is 32.2 Å². The van der Waals surface area contributed by atoms with Crippen molar-refractivity contribution < 1.29 is 33.3 Å². The van der Waals surface area contributed by atoms with Gasteiger partial charge in [-0.25, -0.2) is 4.79 Å². The molecule has 2 fully saturated rings. The fourth-order valence-electron chi connectivity index (χ4n) is 3.60. The lowest BCUT2D eigenvalue weighted by Crippen LogP contribution is -2.70. The second kappa shape index (κ2) is 7.74. The predicted octanol–water partition coefficient (Wildman–Crippen LogP) is 1.36. The van der Waals surface area contributed by atoms with E-state index in [1.54, 1.807) is 40.2 Å². The number of nitrogens with zero attached hydrogens (tertiary/aromatic N) is 1. The molecular weight excluding hydrogens is 354 g/mol. The molecule has 8 nitrogen and oxygen atoms in total. The Morgan fingerprint density at radius 3 is 2.56 bits per heavy atom. The Labute approximate surface area is 158 Å². The highest BCUT2D eigenvalue weighted by Crippen LogP contribution is 2.42. The molecule has 2 aliphatic rings. The highest BCUT2D eigenvalue weighted by atomic mass is 16.7. The molecule has 2 aliphatic heterocycles. The van der Waals surface area contributed by atoms with Crippen molar-refractivity contribution in [1.82, 2.24) is 4.90 Å². The second-order valence-corrected chi connectivity index (χ2v) is 6.53. The highest BCUT2D eigenvalue weighted by molar-refractivity contribution is 5.98. The summed E-state index contributed by atoms with van der Waals surface area (Å²) in [5.74, 6) is -1.30. The lowest BCUT2D eigenvalue weighted by molar-refractivity contribution is -0.233. The van der Waals surface area contributed by atoms with E-state index < -0.39 is 23.7 Å². The number of hydrogen-bond donors (Lipinski definition) is 0. The molecule has 2 heterocycles. The van der Waals surface area contributed by atoms with E-state index in [2.05, 4.69) is 0 Å². The third-order valence-electron chi connectivity index (χ3n) is 4.99. The van der Waals surface area contributed by atoms with Crippen LogP contribution < -0.4 is 9.47 Å². The number of methoxy groups -OCH3 is 2. The number of benzene rings is 1. The first-order valence-electron chi connectivity index (χ1n) is 8.91. The smallest absolute Gasteiger partial charge is 0.329 e. The monoisotopic (exact) mass is 379 g/mol. The topological polar surface area (TPSA) is 83.5 Å². The zero-order valence-electron chi connectivity index (χ0n) is 16.0. The zero-order valence-corrected chi connectivity index (χ0v) is 16.0. The Morgan fingerprint density at radius 1 is 1.26 bits per heavy atom. The third-order valence-corrected chi connectivity index (χ3v) is 4.99. The fraction of sp³-hybridized carbons (Fsp3) is 0.579. The number of hydrogen-bond acceptors (Lipinski definition) is 7. The van der Waals surface area contributed by atoms with Crippen LogP contribution in [0.4, 0.5) is 0 Å².